The lowest BCUT2D eigenvalue weighted by molar-refractivity contribution is 0.0695. The summed E-state index contributed by atoms with van der Waals surface area (Å²) in [6.45, 7) is 2.38. The zero-order valence-corrected chi connectivity index (χ0v) is 8.80. The molecule has 0 aliphatic rings. The molecule has 0 aliphatic heterocycles. The molecular formula is C10H14ClNO2. The lowest BCUT2D eigenvalue weighted by Gasteiger charge is -2.05. The molecule has 1 aromatic rings. The molecule has 3 N–H and O–H groups in total. The lowest BCUT2D eigenvalue weighted by atomic mass is 10.0. The SMILES string of the molecule is CCc1cc(CN)ccc1C(=O)O.Cl. The van der Waals surface area contributed by atoms with Crippen LogP contribution in [0.1, 0.15) is 28.4 Å². The van der Waals surface area contributed by atoms with E-state index in [9.17, 15) is 4.79 Å². The second kappa shape index (κ2) is 5.62. The quantitative estimate of drug-likeness (QED) is 0.809. The molecule has 4 heteroatoms. The minimum atomic E-state index is -0.875. The van der Waals surface area contributed by atoms with Crippen molar-refractivity contribution in [2.24, 2.45) is 5.73 Å². The number of carbonyl (C=O) groups is 1. The average Bonchev–Trinajstić information content (AvgIpc) is 2.16. The summed E-state index contributed by atoms with van der Waals surface area (Å²) in [5.41, 5.74) is 7.64. The predicted molar refractivity (Wildman–Crippen MR) is 57.9 cm³/mol. The van der Waals surface area contributed by atoms with Crippen molar-refractivity contribution in [2.45, 2.75) is 19.9 Å². The number of benzene rings is 1. The van der Waals surface area contributed by atoms with Crippen LogP contribution in [0.15, 0.2) is 18.2 Å². The van der Waals surface area contributed by atoms with Gasteiger partial charge in [-0.15, -0.1) is 12.4 Å². The first-order valence-corrected chi connectivity index (χ1v) is 4.24. The van der Waals surface area contributed by atoms with Gasteiger partial charge in [-0.05, 0) is 23.6 Å². The van der Waals surface area contributed by atoms with Crippen LogP contribution in [0.25, 0.3) is 0 Å². The fraction of sp³-hybridized carbons (Fsp3) is 0.300. The summed E-state index contributed by atoms with van der Waals surface area (Å²) in [5.74, 6) is -0.875. The van der Waals surface area contributed by atoms with Gasteiger partial charge in [-0.2, -0.15) is 0 Å². The third kappa shape index (κ3) is 2.72. The Balaban J connectivity index is 0.00000169. The highest BCUT2D eigenvalue weighted by atomic mass is 35.5. The van der Waals surface area contributed by atoms with Crippen LogP contribution >= 0.6 is 12.4 Å². The largest absolute Gasteiger partial charge is 0.478 e. The molecule has 0 fully saturated rings. The number of nitrogens with two attached hydrogens (primary N) is 1. The molecule has 1 aromatic carbocycles. The van der Waals surface area contributed by atoms with Crippen molar-refractivity contribution in [1.29, 1.82) is 0 Å². The van der Waals surface area contributed by atoms with Gasteiger partial charge in [-0.3, -0.25) is 0 Å². The van der Waals surface area contributed by atoms with E-state index in [4.69, 9.17) is 10.8 Å². The molecule has 0 spiro atoms. The summed E-state index contributed by atoms with van der Waals surface area (Å²) >= 11 is 0. The van der Waals surface area contributed by atoms with Crippen molar-refractivity contribution in [3.63, 3.8) is 0 Å². The fourth-order valence-electron chi connectivity index (χ4n) is 1.28. The van der Waals surface area contributed by atoms with Crippen LogP contribution in [0.2, 0.25) is 0 Å². The summed E-state index contributed by atoms with van der Waals surface area (Å²) in [5, 5.41) is 8.83. The molecule has 14 heavy (non-hydrogen) atoms. The van der Waals surface area contributed by atoms with Gasteiger partial charge in [0.2, 0.25) is 0 Å². The molecule has 3 nitrogen and oxygen atoms in total. The van der Waals surface area contributed by atoms with E-state index in [0.29, 0.717) is 12.1 Å². The maximum Gasteiger partial charge on any atom is 0.335 e. The zero-order valence-electron chi connectivity index (χ0n) is 7.99. The van der Waals surface area contributed by atoms with Crippen LogP contribution in [0.3, 0.4) is 0 Å². The number of hydrogen-bond acceptors (Lipinski definition) is 2. The second-order valence-corrected chi connectivity index (χ2v) is 2.85. The molecule has 0 saturated heterocycles. The van der Waals surface area contributed by atoms with Crippen LogP contribution in [-0.2, 0) is 13.0 Å². The van der Waals surface area contributed by atoms with E-state index in [1.807, 2.05) is 13.0 Å². The fourth-order valence-corrected chi connectivity index (χ4v) is 1.28. The van der Waals surface area contributed by atoms with E-state index in [1.54, 1.807) is 12.1 Å². The van der Waals surface area contributed by atoms with Crippen molar-refractivity contribution in [2.75, 3.05) is 0 Å². The zero-order chi connectivity index (χ0) is 9.84. The molecular weight excluding hydrogens is 202 g/mol. The first-order chi connectivity index (χ1) is 6.19. The maximum atomic E-state index is 10.7. The molecule has 78 valence electrons. The van der Waals surface area contributed by atoms with Crippen LogP contribution in [0.5, 0.6) is 0 Å². The molecule has 0 heterocycles. The van der Waals surface area contributed by atoms with E-state index >= 15 is 0 Å². The van der Waals surface area contributed by atoms with Gasteiger partial charge in [0.25, 0.3) is 0 Å². The summed E-state index contributed by atoms with van der Waals surface area (Å²) < 4.78 is 0. The number of carboxylic acid groups (broad SMARTS) is 1. The Kier molecular flexibility index (Phi) is 5.20. The van der Waals surface area contributed by atoms with Gasteiger partial charge < -0.3 is 10.8 Å². The Hall–Kier alpha value is -1.06. The Morgan fingerprint density at radius 1 is 1.50 bits per heavy atom. The Morgan fingerprint density at radius 2 is 2.14 bits per heavy atom. The van der Waals surface area contributed by atoms with Gasteiger partial charge in [-0.25, -0.2) is 4.79 Å². The van der Waals surface area contributed by atoms with Crippen molar-refractivity contribution < 1.29 is 9.90 Å². The topological polar surface area (TPSA) is 63.3 Å². The van der Waals surface area contributed by atoms with Gasteiger partial charge in [0.15, 0.2) is 0 Å². The number of hydrogen-bond donors (Lipinski definition) is 2. The number of rotatable bonds is 3. The third-order valence-electron chi connectivity index (χ3n) is 2.02. The minimum absolute atomic E-state index is 0. The maximum absolute atomic E-state index is 10.7. The highest BCUT2D eigenvalue weighted by molar-refractivity contribution is 5.89. The Bertz CT molecular complexity index is 326. The van der Waals surface area contributed by atoms with Gasteiger partial charge in [0.05, 0.1) is 5.56 Å². The standard InChI is InChI=1S/C10H13NO2.ClH/c1-2-8-5-7(6-11)3-4-9(8)10(12)13;/h3-5H,2,6,11H2,1H3,(H,12,13);1H. The minimum Gasteiger partial charge on any atom is -0.478 e. The van der Waals surface area contributed by atoms with Crippen LogP contribution < -0.4 is 5.73 Å². The molecule has 0 atom stereocenters. The smallest absolute Gasteiger partial charge is 0.335 e. The normalized spacial score (nSPS) is 9.29. The second-order valence-electron chi connectivity index (χ2n) is 2.85. The van der Waals surface area contributed by atoms with Crippen molar-refractivity contribution >= 4 is 18.4 Å². The number of aromatic carboxylic acids is 1. The summed E-state index contributed by atoms with van der Waals surface area (Å²) in [6.07, 6.45) is 0.718. The van der Waals surface area contributed by atoms with Gasteiger partial charge in [0.1, 0.15) is 0 Å². The van der Waals surface area contributed by atoms with Crippen molar-refractivity contribution in [1.82, 2.24) is 0 Å². The molecule has 0 saturated carbocycles. The van der Waals surface area contributed by atoms with Gasteiger partial charge >= 0.3 is 5.97 Å². The lowest BCUT2D eigenvalue weighted by Crippen LogP contribution is -2.04. The van der Waals surface area contributed by atoms with Crippen molar-refractivity contribution in [3.05, 3.63) is 34.9 Å². The molecule has 0 amide bonds. The molecule has 0 aromatic heterocycles. The van der Waals surface area contributed by atoms with Gasteiger partial charge in [-0.1, -0.05) is 19.1 Å². The highest BCUT2D eigenvalue weighted by Gasteiger charge is 2.08. The Labute approximate surface area is 89.3 Å². The predicted octanol–water partition coefficient (Wildman–Crippen LogP) is 1.83. The molecule has 1 rings (SSSR count). The summed E-state index contributed by atoms with van der Waals surface area (Å²) in [6, 6.07) is 5.22. The molecule has 0 unspecified atom stereocenters. The molecule has 0 aliphatic carbocycles. The number of halogens is 1. The van der Waals surface area contributed by atoms with Gasteiger partial charge in [0, 0.05) is 6.54 Å². The number of carboxylic acids is 1. The van der Waals surface area contributed by atoms with E-state index in [1.165, 1.54) is 0 Å². The van der Waals surface area contributed by atoms with E-state index in [-0.39, 0.29) is 12.4 Å². The first kappa shape index (κ1) is 12.9. The monoisotopic (exact) mass is 215 g/mol. The summed E-state index contributed by atoms with van der Waals surface area (Å²) in [4.78, 5) is 10.7. The third-order valence-corrected chi connectivity index (χ3v) is 2.02. The van der Waals surface area contributed by atoms with E-state index in [2.05, 4.69) is 0 Å². The van der Waals surface area contributed by atoms with Crippen LogP contribution in [0.4, 0.5) is 0 Å². The number of aryl methyl sites for hydroxylation is 1. The Morgan fingerprint density at radius 3 is 2.57 bits per heavy atom. The molecule has 0 radical (unpaired) electrons. The molecule has 0 bridgehead atoms. The average molecular weight is 216 g/mol. The highest BCUT2D eigenvalue weighted by Crippen LogP contribution is 2.12. The van der Waals surface area contributed by atoms with Crippen molar-refractivity contribution in [3.8, 4) is 0 Å². The van der Waals surface area contributed by atoms with Crippen LogP contribution in [0, 0.1) is 0 Å². The first-order valence-electron chi connectivity index (χ1n) is 4.24. The van der Waals surface area contributed by atoms with Crippen LogP contribution in [-0.4, -0.2) is 11.1 Å². The summed E-state index contributed by atoms with van der Waals surface area (Å²) in [7, 11) is 0. The van der Waals surface area contributed by atoms with E-state index < -0.39 is 5.97 Å². The van der Waals surface area contributed by atoms with E-state index in [0.717, 1.165) is 17.5 Å².